The second-order valence-electron chi connectivity index (χ2n) is 4.10. The predicted molar refractivity (Wildman–Crippen MR) is 41.5 cm³/mol. The summed E-state index contributed by atoms with van der Waals surface area (Å²) in [5.41, 5.74) is 0. The van der Waals surface area contributed by atoms with Gasteiger partial charge in [0.2, 0.25) is 0 Å². The van der Waals surface area contributed by atoms with Crippen LogP contribution < -0.4 is 0 Å². The Morgan fingerprint density at radius 1 is 1.17 bits per heavy atom. The topological polar surface area (TPSA) is 38.7 Å². The fourth-order valence-electron chi connectivity index (χ4n) is 3.18. The lowest BCUT2D eigenvalue weighted by Crippen LogP contribution is -2.37. The molecule has 1 heterocycles. The zero-order chi connectivity index (χ0) is 8.18. The molecule has 3 rings (SSSR count). The van der Waals surface area contributed by atoms with Crippen molar-refractivity contribution in [2.45, 2.75) is 31.2 Å². The van der Waals surface area contributed by atoms with Crippen LogP contribution >= 0.6 is 0 Å². The van der Waals surface area contributed by atoms with E-state index in [9.17, 15) is 5.11 Å². The average molecular weight is 170 g/mol. The maximum absolute atomic E-state index is 9.68. The van der Waals surface area contributed by atoms with Gasteiger partial charge in [0.25, 0.3) is 0 Å². The minimum atomic E-state index is -0.362. The Balaban J connectivity index is 1.95. The first kappa shape index (κ1) is 7.30. The largest absolute Gasteiger partial charge is 0.393 e. The summed E-state index contributed by atoms with van der Waals surface area (Å²) >= 11 is 0. The molecule has 3 atom stereocenters. The third-order valence-electron chi connectivity index (χ3n) is 3.64. The smallest absolute Gasteiger partial charge is 0.176 e. The van der Waals surface area contributed by atoms with Gasteiger partial charge in [-0.15, -0.1) is 0 Å². The van der Waals surface area contributed by atoms with Crippen LogP contribution in [0, 0.1) is 11.8 Å². The van der Waals surface area contributed by atoms with Crippen LogP contribution in [0.2, 0.25) is 0 Å². The number of hydrogen-bond donors (Lipinski definition) is 1. The molecule has 0 aromatic heterocycles. The normalized spacial score (nSPS) is 49.2. The molecule has 3 unspecified atom stereocenters. The average Bonchev–Trinajstić information content (AvgIpc) is 2.70. The maximum Gasteiger partial charge on any atom is 0.176 e. The quantitative estimate of drug-likeness (QED) is 0.576. The first-order chi connectivity index (χ1) is 5.83. The number of aliphatic hydroxyl groups is 1. The monoisotopic (exact) mass is 170 g/mol. The molecule has 3 fully saturated rings. The van der Waals surface area contributed by atoms with Gasteiger partial charge in [-0.2, -0.15) is 0 Å². The van der Waals surface area contributed by atoms with Crippen LogP contribution in [0.15, 0.2) is 0 Å². The Bertz CT molecular complexity index is 198. The van der Waals surface area contributed by atoms with Gasteiger partial charge in [0.1, 0.15) is 0 Å². The zero-order valence-corrected chi connectivity index (χ0v) is 7.03. The molecule has 0 aromatic carbocycles. The Hall–Kier alpha value is -0.120. The molecule has 12 heavy (non-hydrogen) atoms. The Morgan fingerprint density at radius 3 is 2.42 bits per heavy atom. The highest BCUT2D eigenvalue weighted by Gasteiger charge is 2.62. The summed E-state index contributed by atoms with van der Waals surface area (Å²) in [7, 11) is 0. The predicted octanol–water partition coefficient (Wildman–Crippen LogP) is 0.520. The van der Waals surface area contributed by atoms with E-state index in [-0.39, 0.29) is 17.8 Å². The van der Waals surface area contributed by atoms with Gasteiger partial charge < -0.3 is 14.6 Å². The summed E-state index contributed by atoms with van der Waals surface area (Å²) in [6, 6.07) is 0. The molecule has 68 valence electrons. The van der Waals surface area contributed by atoms with Crippen molar-refractivity contribution in [1.29, 1.82) is 0 Å². The van der Waals surface area contributed by atoms with Gasteiger partial charge >= 0.3 is 0 Å². The minimum absolute atomic E-state index is 0.179. The van der Waals surface area contributed by atoms with Crippen LogP contribution in [0.1, 0.15) is 19.3 Å². The fourth-order valence-corrected chi connectivity index (χ4v) is 3.18. The lowest BCUT2D eigenvalue weighted by Gasteiger charge is -2.27. The number of ether oxygens (including phenoxy) is 2. The second kappa shape index (κ2) is 2.22. The van der Waals surface area contributed by atoms with Crippen LogP contribution in [0.25, 0.3) is 0 Å². The third kappa shape index (κ3) is 0.679. The number of hydrogen-bond acceptors (Lipinski definition) is 3. The van der Waals surface area contributed by atoms with E-state index >= 15 is 0 Å². The molecule has 3 nitrogen and oxygen atoms in total. The molecular weight excluding hydrogens is 156 g/mol. The van der Waals surface area contributed by atoms with Gasteiger partial charge in [-0.3, -0.25) is 0 Å². The highest BCUT2D eigenvalue weighted by atomic mass is 16.7. The molecule has 1 saturated heterocycles. The Labute approximate surface area is 71.7 Å². The van der Waals surface area contributed by atoms with Crippen molar-refractivity contribution in [1.82, 2.24) is 0 Å². The van der Waals surface area contributed by atoms with Crippen molar-refractivity contribution in [3.63, 3.8) is 0 Å². The Morgan fingerprint density at radius 2 is 1.92 bits per heavy atom. The van der Waals surface area contributed by atoms with E-state index in [1.807, 2.05) is 0 Å². The molecule has 3 aliphatic rings. The zero-order valence-electron chi connectivity index (χ0n) is 7.03. The van der Waals surface area contributed by atoms with Crippen molar-refractivity contribution in [3.05, 3.63) is 0 Å². The molecular formula is C9H14O3. The molecule has 1 aliphatic heterocycles. The van der Waals surface area contributed by atoms with Crippen LogP contribution in [-0.2, 0) is 9.47 Å². The van der Waals surface area contributed by atoms with Crippen LogP contribution in [-0.4, -0.2) is 30.2 Å². The van der Waals surface area contributed by atoms with E-state index in [1.54, 1.807) is 0 Å². The number of rotatable bonds is 0. The summed E-state index contributed by atoms with van der Waals surface area (Å²) in [5.74, 6) is 0.351. The Kier molecular flexibility index (Phi) is 1.35. The van der Waals surface area contributed by atoms with Crippen LogP contribution in [0.3, 0.4) is 0 Å². The molecule has 0 amide bonds. The van der Waals surface area contributed by atoms with E-state index in [0.717, 1.165) is 12.8 Å². The van der Waals surface area contributed by atoms with Gasteiger partial charge in [-0.1, -0.05) is 0 Å². The molecule has 0 aromatic rings. The van der Waals surface area contributed by atoms with E-state index in [4.69, 9.17) is 9.47 Å². The van der Waals surface area contributed by atoms with E-state index in [2.05, 4.69) is 0 Å². The van der Waals surface area contributed by atoms with Crippen molar-refractivity contribution in [2.75, 3.05) is 13.2 Å². The van der Waals surface area contributed by atoms with Gasteiger partial charge in [-0.05, 0) is 19.3 Å². The lowest BCUT2D eigenvalue weighted by atomic mass is 9.98. The van der Waals surface area contributed by atoms with E-state index in [0.29, 0.717) is 19.1 Å². The van der Waals surface area contributed by atoms with E-state index < -0.39 is 0 Å². The lowest BCUT2D eigenvalue weighted by molar-refractivity contribution is -0.194. The van der Waals surface area contributed by atoms with Gasteiger partial charge in [0, 0.05) is 11.8 Å². The highest BCUT2D eigenvalue weighted by Crippen LogP contribution is 2.56. The summed E-state index contributed by atoms with van der Waals surface area (Å²) in [6.07, 6.45) is 2.94. The SMILES string of the molecule is OC1CC2CCC1C21OCCO1. The fraction of sp³-hybridized carbons (Fsp3) is 1.00. The summed E-state index contributed by atoms with van der Waals surface area (Å²) in [4.78, 5) is 0. The van der Waals surface area contributed by atoms with Crippen molar-refractivity contribution >= 4 is 0 Å². The second-order valence-corrected chi connectivity index (χ2v) is 4.10. The third-order valence-corrected chi connectivity index (χ3v) is 3.64. The first-order valence-electron chi connectivity index (χ1n) is 4.79. The molecule has 1 N–H and O–H groups in total. The standard InChI is InChI=1S/C9H14O3/c10-8-5-6-1-2-7(8)9(6)11-3-4-12-9/h6-8,10H,1-5H2. The molecule has 3 heteroatoms. The van der Waals surface area contributed by atoms with Gasteiger partial charge in [0.05, 0.1) is 19.3 Å². The highest BCUT2D eigenvalue weighted by molar-refractivity contribution is 5.05. The molecule has 2 bridgehead atoms. The summed E-state index contributed by atoms with van der Waals surface area (Å²) < 4.78 is 11.4. The van der Waals surface area contributed by atoms with Gasteiger partial charge in [-0.25, -0.2) is 0 Å². The molecule has 2 aliphatic carbocycles. The van der Waals surface area contributed by atoms with Crippen molar-refractivity contribution in [3.8, 4) is 0 Å². The molecule has 1 spiro atoms. The minimum Gasteiger partial charge on any atom is -0.393 e. The van der Waals surface area contributed by atoms with Gasteiger partial charge in [0.15, 0.2) is 5.79 Å². The first-order valence-corrected chi connectivity index (χ1v) is 4.79. The molecule has 0 radical (unpaired) electrons. The van der Waals surface area contributed by atoms with E-state index in [1.165, 1.54) is 6.42 Å². The summed E-state index contributed by atoms with van der Waals surface area (Å²) in [5, 5.41) is 9.68. The van der Waals surface area contributed by atoms with Crippen LogP contribution in [0.5, 0.6) is 0 Å². The number of aliphatic hydroxyl groups excluding tert-OH is 1. The maximum atomic E-state index is 9.68. The molecule has 2 saturated carbocycles. The summed E-state index contributed by atoms with van der Waals surface area (Å²) in [6.45, 7) is 1.42. The van der Waals surface area contributed by atoms with Crippen molar-refractivity contribution in [2.24, 2.45) is 11.8 Å². The van der Waals surface area contributed by atoms with Crippen LogP contribution in [0.4, 0.5) is 0 Å². The van der Waals surface area contributed by atoms with Crippen molar-refractivity contribution < 1.29 is 14.6 Å².